The number of halogens is 2. The molecule has 3 aromatic rings. The van der Waals surface area contributed by atoms with Gasteiger partial charge in [-0.25, -0.2) is 4.39 Å². The molecule has 2 aromatic carbocycles. The van der Waals surface area contributed by atoms with Crippen LogP contribution < -0.4 is 10.6 Å². The van der Waals surface area contributed by atoms with E-state index in [1.54, 1.807) is 24.3 Å². The molecule has 7 heteroatoms. The van der Waals surface area contributed by atoms with Gasteiger partial charge in [0.2, 0.25) is 5.95 Å². The van der Waals surface area contributed by atoms with Gasteiger partial charge in [0.25, 0.3) is 0 Å². The Balaban J connectivity index is 2.00. The second kappa shape index (κ2) is 5.89. The predicted molar refractivity (Wildman–Crippen MR) is 90.3 cm³/mol. The number of nitrogen functional groups attached to an aromatic ring is 1. The first-order valence-corrected chi connectivity index (χ1v) is 7.29. The first-order chi connectivity index (χ1) is 11.0. The molecule has 0 saturated carbocycles. The number of hydrogen-bond donors (Lipinski definition) is 1. The molecule has 0 atom stereocenters. The number of rotatable bonds is 3. The average molecular weight is 332 g/mol. The molecule has 2 N–H and O–H groups in total. The molecule has 3 rings (SSSR count). The number of aromatic nitrogens is 3. The topological polar surface area (TPSA) is 60.0 Å². The lowest BCUT2D eigenvalue weighted by Crippen LogP contribution is -2.14. The van der Waals surface area contributed by atoms with Crippen LogP contribution in [-0.4, -0.2) is 21.8 Å². The molecule has 0 fully saturated rings. The van der Waals surface area contributed by atoms with Gasteiger partial charge >= 0.3 is 0 Å². The summed E-state index contributed by atoms with van der Waals surface area (Å²) in [4.78, 5) is 1.82. The average Bonchev–Trinajstić information content (AvgIpc) is 2.89. The summed E-state index contributed by atoms with van der Waals surface area (Å²) in [6.07, 6.45) is 0. The molecule has 1 aromatic heterocycles. The Bertz CT molecular complexity index is 844. The lowest BCUT2D eigenvalue weighted by atomic mass is 10.2. The molecule has 1 heterocycles. The van der Waals surface area contributed by atoms with Crippen molar-refractivity contribution in [3.63, 3.8) is 0 Å². The van der Waals surface area contributed by atoms with Crippen LogP contribution in [0.2, 0.25) is 5.02 Å². The van der Waals surface area contributed by atoms with Crippen molar-refractivity contribution < 1.29 is 4.39 Å². The van der Waals surface area contributed by atoms with Gasteiger partial charge < -0.3 is 10.6 Å². The van der Waals surface area contributed by atoms with Gasteiger partial charge in [-0.05, 0) is 42.5 Å². The monoisotopic (exact) mass is 331 g/mol. The molecular formula is C16H15ClFN5. The van der Waals surface area contributed by atoms with Crippen molar-refractivity contribution in [2.24, 2.45) is 7.05 Å². The maximum atomic E-state index is 13.1. The Hall–Kier alpha value is -2.60. The number of benzene rings is 2. The second-order valence-electron chi connectivity index (χ2n) is 5.16. The van der Waals surface area contributed by atoms with E-state index in [9.17, 15) is 4.39 Å². The molecule has 0 aliphatic rings. The Kier molecular flexibility index (Phi) is 3.92. The van der Waals surface area contributed by atoms with Crippen LogP contribution in [0.5, 0.6) is 0 Å². The smallest absolute Gasteiger partial charge is 0.231 e. The molecule has 0 amide bonds. The van der Waals surface area contributed by atoms with Crippen molar-refractivity contribution in [1.82, 2.24) is 14.8 Å². The zero-order chi connectivity index (χ0) is 16.6. The molecule has 0 unspecified atom stereocenters. The van der Waals surface area contributed by atoms with Crippen molar-refractivity contribution in [2.45, 2.75) is 0 Å². The van der Waals surface area contributed by atoms with E-state index in [4.69, 9.17) is 17.3 Å². The van der Waals surface area contributed by atoms with Gasteiger partial charge in [0, 0.05) is 31.0 Å². The zero-order valence-corrected chi connectivity index (χ0v) is 13.4. The van der Waals surface area contributed by atoms with Crippen LogP contribution in [0.15, 0.2) is 42.5 Å². The van der Waals surface area contributed by atoms with Crippen LogP contribution in [0.4, 0.5) is 21.7 Å². The fourth-order valence-electron chi connectivity index (χ4n) is 2.34. The maximum absolute atomic E-state index is 13.1. The summed E-state index contributed by atoms with van der Waals surface area (Å²) in [5.41, 5.74) is 7.85. The van der Waals surface area contributed by atoms with Gasteiger partial charge in [-0.15, -0.1) is 10.2 Å². The van der Waals surface area contributed by atoms with Gasteiger partial charge in [-0.3, -0.25) is 4.57 Å². The number of hydrogen-bond acceptors (Lipinski definition) is 4. The molecule has 0 aliphatic carbocycles. The lowest BCUT2D eigenvalue weighted by molar-refractivity contribution is 0.628. The van der Waals surface area contributed by atoms with Gasteiger partial charge in [0.1, 0.15) is 5.82 Å². The second-order valence-corrected chi connectivity index (χ2v) is 5.56. The summed E-state index contributed by atoms with van der Waals surface area (Å²) in [6.45, 7) is 0. The highest BCUT2D eigenvalue weighted by molar-refractivity contribution is 6.33. The highest BCUT2D eigenvalue weighted by Gasteiger charge is 2.17. The summed E-state index contributed by atoms with van der Waals surface area (Å²) in [5.74, 6) is 0.952. The summed E-state index contributed by atoms with van der Waals surface area (Å²) in [7, 11) is 3.68. The largest absolute Gasteiger partial charge is 0.399 e. The van der Waals surface area contributed by atoms with E-state index in [0.717, 1.165) is 11.3 Å². The molecule has 23 heavy (non-hydrogen) atoms. The predicted octanol–water partition coefficient (Wildman–Crippen LogP) is 3.62. The quantitative estimate of drug-likeness (QED) is 0.745. The Morgan fingerprint density at radius 2 is 1.83 bits per heavy atom. The third-order valence-corrected chi connectivity index (χ3v) is 3.91. The maximum Gasteiger partial charge on any atom is 0.231 e. The first-order valence-electron chi connectivity index (χ1n) is 6.91. The van der Waals surface area contributed by atoms with Crippen LogP contribution in [0.1, 0.15) is 0 Å². The minimum atomic E-state index is -0.283. The molecule has 118 valence electrons. The molecule has 0 bridgehead atoms. The van der Waals surface area contributed by atoms with Crippen LogP contribution in [0.25, 0.3) is 11.4 Å². The van der Waals surface area contributed by atoms with E-state index in [1.165, 1.54) is 12.1 Å². The van der Waals surface area contributed by atoms with Gasteiger partial charge in [0.15, 0.2) is 5.82 Å². The van der Waals surface area contributed by atoms with Gasteiger partial charge in [-0.2, -0.15) is 0 Å². The number of nitrogens with two attached hydrogens (primary N) is 1. The Morgan fingerprint density at radius 3 is 2.48 bits per heavy atom. The minimum Gasteiger partial charge on any atom is -0.399 e. The molecule has 5 nitrogen and oxygen atoms in total. The van der Waals surface area contributed by atoms with Gasteiger partial charge in [0.05, 0.1) is 5.02 Å². The fourth-order valence-corrected chi connectivity index (χ4v) is 2.61. The highest BCUT2D eigenvalue weighted by Crippen LogP contribution is 2.31. The van der Waals surface area contributed by atoms with E-state index in [2.05, 4.69) is 10.2 Å². The third kappa shape index (κ3) is 2.85. The van der Waals surface area contributed by atoms with E-state index in [1.807, 2.05) is 29.6 Å². The number of anilines is 3. The van der Waals surface area contributed by atoms with E-state index >= 15 is 0 Å². The van der Waals surface area contributed by atoms with E-state index < -0.39 is 0 Å². The fraction of sp³-hybridized carbons (Fsp3) is 0.125. The lowest BCUT2D eigenvalue weighted by Gasteiger charge is -2.18. The first kappa shape index (κ1) is 15.3. The molecule has 0 aliphatic heterocycles. The SMILES string of the molecule is CN(c1ccc(F)cc1)c1nnc(-c2ccc(N)cc2Cl)n1C. The standard InChI is InChI=1S/C16H15ClFN5/c1-22(12-6-3-10(18)4-7-12)16-21-20-15(23(16)2)13-8-5-11(19)9-14(13)17/h3-9H,19H2,1-2H3. The van der Waals surface area contributed by atoms with Gasteiger partial charge in [-0.1, -0.05) is 11.6 Å². The zero-order valence-electron chi connectivity index (χ0n) is 12.7. The van der Waals surface area contributed by atoms with Crippen LogP contribution in [0.3, 0.4) is 0 Å². The minimum absolute atomic E-state index is 0.283. The molecule has 0 radical (unpaired) electrons. The molecule has 0 spiro atoms. The number of nitrogens with zero attached hydrogens (tertiary/aromatic N) is 4. The van der Waals surface area contributed by atoms with Crippen molar-refractivity contribution in [1.29, 1.82) is 0 Å². The Morgan fingerprint density at radius 1 is 1.13 bits per heavy atom. The summed E-state index contributed by atoms with van der Waals surface area (Å²) in [5, 5.41) is 8.93. The summed E-state index contributed by atoms with van der Waals surface area (Å²) < 4.78 is 14.9. The van der Waals surface area contributed by atoms with Crippen molar-refractivity contribution in [2.75, 3.05) is 17.7 Å². The highest BCUT2D eigenvalue weighted by atomic mass is 35.5. The summed E-state index contributed by atoms with van der Waals surface area (Å²) in [6, 6.07) is 11.4. The van der Waals surface area contributed by atoms with E-state index in [-0.39, 0.29) is 5.82 Å². The molecule has 0 saturated heterocycles. The van der Waals surface area contributed by atoms with Crippen molar-refractivity contribution in [3.8, 4) is 11.4 Å². The molecular weight excluding hydrogens is 317 g/mol. The van der Waals surface area contributed by atoms with Crippen molar-refractivity contribution in [3.05, 3.63) is 53.3 Å². The van der Waals surface area contributed by atoms with Crippen LogP contribution in [-0.2, 0) is 7.05 Å². The third-order valence-electron chi connectivity index (χ3n) is 3.60. The Labute approximate surface area is 138 Å². The van der Waals surface area contributed by atoms with Crippen LogP contribution >= 0.6 is 11.6 Å². The van der Waals surface area contributed by atoms with E-state index in [0.29, 0.717) is 22.5 Å². The summed E-state index contributed by atoms with van der Waals surface area (Å²) >= 11 is 6.24. The van der Waals surface area contributed by atoms with Crippen molar-refractivity contribution >= 4 is 28.9 Å². The van der Waals surface area contributed by atoms with Crippen LogP contribution in [0, 0.1) is 5.82 Å². The normalized spacial score (nSPS) is 10.8.